The lowest BCUT2D eigenvalue weighted by molar-refractivity contribution is 0.149. The number of likely N-dealkylation sites (N-methyl/N-ethyl adjacent to an activating group) is 1. The minimum atomic E-state index is 0.748. The quantitative estimate of drug-likeness (QED) is 0.838. The van der Waals surface area contributed by atoms with Gasteiger partial charge in [-0.25, -0.2) is 0 Å². The Morgan fingerprint density at radius 3 is 2.82 bits per heavy atom. The molecule has 2 nitrogen and oxygen atoms in total. The number of hydrogen-bond acceptors (Lipinski definition) is 2. The highest BCUT2D eigenvalue weighted by molar-refractivity contribution is 5.14. The lowest BCUT2D eigenvalue weighted by atomic mass is 10.0. The average molecular weight is 232 g/mol. The summed E-state index contributed by atoms with van der Waals surface area (Å²) >= 11 is 0. The van der Waals surface area contributed by atoms with Gasteiger partial charge in [-0.3, -0.25) is 4.90 Å². The maximum absolute atomic E-state index is 3.32. The van der Waals surface area contributed by atoms with Crippen LogP contribution in [-0.2, 0) is 6.42 Å². The molecule has 1 aromatic rings. The monoisotopic (exact) mass is 232 g/mol. The first-order valence-electron chi connectivity index (χ1n) is 6.82. The summed E-state index contributed by atoms with van der Waals surface area (Å²) in [5, 5.41) is 3.32. The number of hydrogen-bond donors (Lipinski definition) is 1. The van der Waals surface area contributed by atoms with Crippen LogP contribution in [-0.4, -0.2) is 37.6 Å². The number of nitrogens with zero attached hydrogens (tertiary/aromatic N) is 1. The molecular formula is C15H24N2. The van der Waals surface area contributed by atoms with E-state index in [1.54, 1.807) is 0 Å². The van der Waals surface area contributed by atoms with Crippen molar-refractivity contribution in [1.82, 2.24) is 10.2 Å². The summed E-state index contributed by atoms with van der Waals surface area (Å²) < 4.78 is 0. The first-order valence-corrected chi connectivity index (χ1v) is 6.82. The Morgan fingerprint density at radius 2 is 2.06 bits per heavy atom. The van der Waals surface area contributed by atoms with Crippen molar-refractivity contribution >= 4 is 0 Å². The van der Waals surface area contributed by atoms with Crippen LogP contribution < -0.4 is 5.32 Å². The zero-order chi connectivity index (χ0) is 11.9. The molecule has 0 bridgehead atoms. The van der Waals surface area contributed by atoms with Crippen molar-refractivity contribution in [3.05, 3.63) is 35.9 Å². The second kappa shape index (κ2) is 6.77. The van der Waals surface area contributed by atoms with E-state index in [0.717, 1.165) is 12.6 Å². The van der Waals surface area contributed by atoms with E-state index in [2.05, 4.69) is 47.6 Å². The molecule has 1 fully saturated rings. The van der Waals surface area contributed by atoms with E-state index in [-0.39, 0.29) is 0 Å². The maximum Gasteiger partial charge on any atom is 0.0220 e. The third-order valence-electron chi connectivity index (χ3n) is 3.72. The molecule has 1 aliphatic heterocycles. The van der Waals surface area contributed by atoms with Crippen molar-refractivity contribution in [2.24, 2.45) is 0 Å². The molecular weight excluding hydrogens is 208 g/mol. The Morgan fingerprint density at radius 1 is 1.24 bits per heavy atom. The van der Waals surface area contributed by atoms with E-state index in [9.17, 15) is 0 Å². The van der Waals surface area contributed by atoms with Crippen LogP contribution in [0.3, 0.4) is 0 Å². The molecule has 1 N–H and O–H groups in total. The molecule has 1 heterocycles. The zero-order valence-corrected chi connectivity index (χ0v) is 10.9. The highest BCUT2D eigenvalue weighted by atomic mass is 15.2. The van der Waals surface area contributed by atoms with Crippen LogP contribution in [0.25, 0.3) is 0 Å². The summed E-state index contributed by atoms with van der Waals surface area (Å²) in [4.78, 5) is 2.66. The molecule has 2 rings (SSSR count). The summed E-state index contributed by atoms with van der Waals surface area (Å²) in [6.07, 6.45) is 5.31. The van der Waals surface area contributed by atoms with Gasteiger partial charge in [0.1, 0.15) is 0 Å². The summed E-state index contributed by atoms with van der Waals surface area (Å²) in [5.41, 5.74) is 1.46. The van der Waals surface area contributed by atoms with Crippen molar-refractivity contribution in [2.45, 2.75) is 31.7 Å². The second-order valence-corrected chi connectivity index (χ2v) is 4.98. The van der Waals surface area contributed by atoms with E-state index < -0.39 is 0 Å². The molecule has 17 heavy (non-hydrogen) atoms. The Hall–Kier alpha value is -0.860. The van der Waals surface area contributed by atoms with Crippen LogP contribution in [0.5, 0.6) is 0 Å². The van der Waals surface area contributed by atoms with Gasteiger partial charge in [-0.15, -0.1) is 0 Å². The van der Waals surface area contributed by atoms with E-state index >= 15 is 0 Å². The molecule has 1 aliphatic rings. The third kappa shape index (κ3) is 3.83. The molecule has 2 heteroatoms. The van der Waals surface area contributed by atoms with Crippen LogP contribution in [0.15, 0.2) is 30.3 Å². The van der Waals surface area contributed by atoms with E-state index in [0.29, 0.717) is 0 Å². The molecule has 0 spiro atoms. The molecule has 0 aliphatic carbocycles. The predicted molar refractivity (Wildman–Crippen MR) is 73.3 cm³/mol. The van der Waals surface area contributed by atoms with Crippen molar-refractivity contribution < 1.29 is 0 Å². The molecule has 0 radical (unpaired) electrons. The molecule has 1 saturated heterocycles. The van der Waals surface area contributed by atoms with Crippen LogP contribution >= 0.6 is 0 Å². The number of likely N-dealkylation sites (tertiary alicyclic amines) is 1. The normalized spacial score (nSPS) is 21.6. The van der Waals surface area contributed by atoms with Gasteiger partial charge in [0.05, 0.1) is 0 Å². The van der Waals surface area contributed by atoms with Gasteiger partial charge in [0.15, 0.2) is 0 Å². The fourth-order valence-electron chi connectivity index (χ4n) is 2.74. The van der Waals surface area contributed by atoms with Crippen LogP contribution in [0.1, 0.15) is 24.8 Å². The molecule has 94 valence electrons. The lowest BCUT2D eigenvalue weighted by Crippen LogP contribution is -2.45. The summed E-state index contributed by atoms with van der Waals surface area (Å²) in [6.45, 7) is 3.62. The largest absolute Gasteiger partial charge is 0.318 e. The predicted octanol–water partition coefficient (Wildman–Crippen LogP) is 2.30. The standard InChI is InChI=1S/C15H24N2/c1-16-13-15-9-5-6-11-17(15)12-10-14-7-3-2-4-8-14/h2-4,7-8,15-16H,5-6,9-13H2,1H3. The minimum absolute atomic E-state index is 0.748. The maximum atomic E-state index is 3.32. The molecule has 1 aromatic carbocycles. The summed E-state index contributed by atoms with van der Waals surface area (Å²) in [7, 11) is 2.06. The van der Waals surface area contributed by atoms with Gasteiger partial charge >= 0.3 is 0 Å². The first kappa shape index (κ1) is 12.6. The Balaban J connectivity index is 1.84. The number of nitrogens with one attached hydrogen (secondary N) is 1. The zero-order valence-electron chi connectivity index (χ0n) is 10.9. The van der Waals surface area contributed by atoms with Gasteiger partial charge in [0, 0.05) is 19.1 Å². The average Bonchev–Trinajstić information content (AvgIpc) is 2.39. The topological polar surface area (TPSA) is 15.3 Å². The van der Waals surface area contributed by atoms with Crippen LogP contribution in [0, 0.1) is 0 Å². The van der Waals surface area contributed by atoms with Crippen molar-refractivity contribution in [1.29, 1.82) is 0 Å². The number of benzene rings is 1. The van der Waals surface area contributed by atoms with Gasteiger partial charge in [-0.1, -0.05) is 36.8 Å². The Labute approximate surface area is 105 Å². The van der Waals surface area contributed by atoms with Gasteiger partial charge in [-0.05, 0) is 38.4 Å². The van der Waals surface area contributed by atoms with Crippen molar-refractivity contribution in [2.75, 3.05) is 26.7 Å². The fourth-order valence-corrected chi connectivity index (χ4v) is 2.74. The van der Waals surface area contributed by atoms with Gasteiger partial charge in [0.2, 0.25) is 0 Å². The smallest absolute Gasteiger partial charge is 0.0220 e. The van der Waals surface area contributed by atoms with E-state index in [1.165, 1.54) is 44.3 Å². The molecule has 1 atom stereocenters. The number of piperidine rings is 1. The Kier molecular flexibility index (Phi) is 5.02. The van der Waals surface area contributed by atoms with E-state index in [4.69, 9.17) is 0 Å². The lowest BCUT2D eigenvalue weighted by Gasteiger charge is -2.35. The number of rotatable bonds is 5. The summed E-state index contributed by atoms with van der Waals surface area (Å²) in [5.74, 6) is 0. The SMILES string of the molecule is CNCC1CCCCN1CCc1ccccc1. The van der Waals surface area contributed by atoms with Gasteiger partial charge in [0.25, 0.3) is 0 Å². The highest BCUT2D eigenvalue weighted by Gasteiger charge is 2.20. The fraction of sp³-hybridized carbons (Fsp3) is 0.600. The van der Waals surface area contributed by atoms with Crippen LogP contribution in [0.4, 0.5) is 0 Å². The summed E-state index contributed by atoms with van der Waals surface area (Å²) in [6, 6.07) is 11.6. The highest BCUT2D eigenvalue weighted by Crippen LogP contribution is 2.16. The van der Waals surface area contributed by atoms with E-state index in [1.807, 2.05) is 0 Å². The van der Waals surface area contributed by atoms with Crippen molar-refractivity contribution in [3.63, 3.8) is 0 Å². The molecule has 1 unspecified atom stereocenters. The third-order valence-corrected chi connectivity index (χ3v) is 3.72. The van der Waals surface area contributed by atoms with Gasteiger partial charge < -0.3 is 5.32 Å². The van der Waals surface area contributed by atoms with Gasteiger partial charge in [-0.2, -0.15) is 0 Å². The minimum Gasteiger partial charge on any atom is -0.318 e. The van der Waals surface area contributed by atoms with Crippen molar-refractivity contribution in [3.8, 4) is 0 Å². The van der Waals surface area contributed by atoms with Crippen LogP contribution in [0.2, 0.25) is 0 Å². The molecule has 0 aromatic heterocycles. The first-order chi connectivity index (χ1) is 8.40. The Bertz CT molecular complexity index is 308. The molecule has 0 saturated carbocycles. The molecule has 0 amide bonds. The second-order valence-electron chi connectivity index (χ2n) is 4.98.